The van der Waals surface area contributed by atoms with Crippen molar-refractivity contribution in [3.8, 4) is 0 Å². The fraction of sp³-hybridized carbons (Fsp3) is 0.143. The number of H-pyrrole nitrogens is 2. The molecule has 2 N–H and O–H groups in total. The average Bonchev–Trinajstić information content (AvgIpc) is 2.68. The fourth-order valence-corrected chi connectivity index (χ4v) is 3.76. The van der Waals surface area contributed by atoms with Crippen molar-refractivity contribution < 1.29 is 4.92 Å². The van der Waals surface area contributed by atoms with Crippen molar-refractivity contribution >= 4 is 33.2 Å². The number of hydrogen-bond donors (Lipinski definition) is 2. The fourth-order valence-electron chi connectivity index (χ4n) is 3.76. The second-order valence-corrected chi connectivity index (χ2v) is 7.53. The average molecular weight is 391 g/mol. The first kappa shape index (κ1) is 18.6. The molecule has 146 valence electrons. The summed E-state index contributed by atoms with van der Waals surface area (Å²) >= 11 is 0. The van der Waals surface area contributed by atoms with Crippen molar-refractivity contribution in [3.05, 3.63) is 91.0 Å². The molecule has 0 amide bonds. The van der Waals surface area contributed by atoms with Crippen LogP contribution in [0.5, 0.6) is 0 Å². The summed E-state index contributed by atoms with van der Waals surface area (Å²) in [5.74, 6) is 0. The molecule has 0 aliphatic carbocycles. The molecule has 0 saturated heterocycles. The highest BCUT2D eigenvalue weighted by Crippen LogP contribution is 2.32. The maximum atomic E-state index is 11.9. The topological polar surface area (TPSA) is 109 Å². The van der Waals surface area contributed by atoms with Crippen LogP contribution in [0.25, 0.3) is 21.8 Å². The van der Waals surface area contributed by atoms with Crippen molar-refractivity contribution in [1.82, 2.24) is 14.5 Å². The van der Waals surface area contributed by atoms with Gasteiger partial charge < -0.3 is 9.97 Å². The van der Waals surface area contributed by atoms with E-state index in [9.17, 15) is 19.7 Å². The minimum Gasteiger partial charge on any atom is -0.316 e. The Labute approximate surface area is 164 Å². The first-order valence-corrected chi connectivity index (χ1v) is 9.01. The molecule has 3 aromatic carbocycles. The SMILES string of the molecule is C[N+](C)(Cc1cc([N+](=O)[O-])cc2[nH]c(=O)c(=O)[nH]c12)c1cccc2ccccc12. The molecule has 8 heteroatoms. The Bertz CT molecular complexity index is 1380. The van der Waals surface area contributed by atoms with Crippen LogP contribution < -0.4 is 15.6 Å². The van der Waals surface area contributed by atoms with E-state index in [1.54, 1.807) is 0 Å². The minimum absolute atomic E-state index is 0.145. The number of fused-ring (bicyclic) bond motifs is 2. The van der Waals surface area contributed by atoms with Gasteiger partial charge in [0.15, 0.2) is 0 Å². The molecule has 0 spiro atoms. The van der Waals surface area contributed by atoms with E-state index < -0.39 is 16.0 Å². The third kappa shape index (κ3) is 3.30. The molecule has 1 aromatic heterocycles. The van der Waals surface area contributed by atoms with Crippen LogP contribution in [0.4, 0.5) is 11.4 Å². The first-order valence-electron chi connectivity index (χ1n) is 9.01. The molecule has 0 bridgehead atoms. The number of quaternary nitrogens is 1. The van der Waals surface area contributed by atoms with Gasteiger partial charge in [-0.25, -0.2) is 0 Å². The quantitative estimate of drug-likeness (QED) is 0.241. The largest absolute Gasteiger partial charge is 0.316 e. The lowest BCUT2D eigenvalue weighted by molar-refractivity contribution is -0.384. The van der Waals surface area contributed by atoms with Crippen molar-refractivity contribution in [2.75, 3.05) is 14.1 Å². The third-order valence-electron chi connectivity index (χ3n) is 5.09. The predicted molar refractivity (Wildman–Crippen MR) is 113 cm³/mol. The monoisotopic (exact) mass is 391 g/mol. The molecule has 8 nitrogen and oxygen atoms in total. The highest BCUT2D eigenvalue weighted by atomic mass is 16.6. The molecular formula is C21H19N4O4+. The lowest BCUT2D eigenvalue weighted by atomic mass is 10.1. The molecular weight excluding hydrogens is 372 g/mol. The van der Waals surface area contributed by atoms with Gasteiger partial charge in [-0.05, 0) is 17.5 Å². The molecule has 0 radical (unpaired) electrons. The van der Waals surface area contributed by atoms with Crippen molar-refractivity contribution in [1.29, 1.82) is 0 Å². The third-order valence-corrected chi connectivity index (χ3v) is 5.09. The summed E-state index contributed by atoms with van der Waals surface area (Å²) in [6, 6.07) is 16.7. The number of nitro groups is 1. The van der Waals surface area contributed by atoms with Gasteiger partial charge in [0.1, 0.15) is 12.2 Å². The van der Waals surface area contributed by atoms with E-state index in [1.165, 1.54) is 12.1 Å². The Hall–Kier alpha value is -3.78. The van der Waals surface area contributed by atoms with E-state index in [0.29, 0.717) is 22.1 Å². The smallest absolute Gasteiger partial charge is 0.314 e. The highest BCUT2D eigenvalue weighted by molar-refractivity contribution is 5.93. The van der Waals surface area contributed by atoms with Gasteiger partial charge in [0.2, 0.25) is 0 Å². The number of hydrogen-bond acceptors (Lipinski definition) is 4. The van der Waals surface area contributed by atoms with Gasteiger partial charge >= 0.3 is 11.1 Å². The van der Waals surface area contributed by atoms with E-state index in [2.05, 4.69) is 9.97 Å². The molecule has 0 atom stereocenters. The van der Waals surface area contributed by atoms with E-state index >= 15 is 0 Å². The molecule has 0 saturated carbocycles. The van der Waals surface area contributed by atoms with E-state index in [-0.39, 0.29) is 11.2 Å². The maximum Gasteiger partial charge on any atom is 0.314 e. The van der Waals surface area contributed by atoms with Gasteiger partial charge in [0, 0.05) is 23.1 Å². The van der Waals surface area contributed by atoms with E-state index in [0.717, 1.165) is 16.5 Å². The lowest BCUT2D eigenvalue weighted by Crippen LogP contribution is -2.40. The Kier molecular flexibility index (Phi) is 4.28. The van der Waals surface area contributed by atoms with Crippen LogP contribution in [0.3, 0.4) is 0 Å². The number of nitrogens with one attached hydrogen (secondary N) is 2. The van der Waals surface area contributed by atoms with Crippen LogP contribution in [-0.2, 0) is 6.54 Å². The summed E-state index contributed by atoms with van der Waals surface area (Å²) in [5, 5.41) is 13.6. The maximum absolute atomic E-state index is 11.9. The van der Waals surface area contributed by atoms with Gasteiger partial charge in [-0.1, -0.05) is 30.3 Å². The van der Waals surface area contributed by atoms with Gasteiger partial charge in [0.25, 0.3) is 5.69 Å². The van der Waals surface area contributed by atoms with Crippen molar-refractivity contribution in [3.63, 3.8) is 0 Å². The predicted octanol–water partition coefficient (Wildman–Crippen LogP) is 3.04. The summed E-state index contributed by atoms with van der Waals surface area (Å²) in [6.07, 6.45) is 0. The zero-order valence-corrected chi connectivity index (χ0v) is 15.9. The molecule has 4 rings (SSSR count). The number of rotatable bonds is 4. The zero-order valence-electron chi connectivity index (χ0n) is 15.9. The van der Waals surface area contributed by atoms with Crippen LogP contribution >= 0.6 is 0 Å². The molecule has 0 unspecified atom stereocenters. The van der Waals surface area contributed by atoms with Crippen LogP contribution in [0.2, 0.25) is 0 Å². The minimum atomic E-state index is -0.841. The molecule has 29 heavy (non-hydrogen) atoms. The second-order valence-electron chi connectivity index (χ2n) is 7.53. The summed E-state index contributed by atoms with van der Waals surface area (Å²) in [5.41, 5.74) is 0.460. The van der Waals surface area contributed by atoms with E-state index in [4.69, 9.17) is 0 Å². The molecule has 0 aliphatic heterocycles. The zero-order chi connectivity index (χ0) is 20.8. The molecule has 0 fully saturated rings. The standard InChI is InChI=1S/C21H18N4O4/c1-25(2,18-9-5-7-13-6-3-4-8-16(13)18)12-14-10-15(24(28)29)11-17-19(14)23-21(27)20(26)22-17/h3-11H,12H2,1-2H3,(H-,22,23,26,27)/p+1. The van der Waals surface area contributed by atoms with E-state index in [1.807, 2.05) is 56.6 Å². The molecule has 1 heterocycles. The molecule has 4 aromatic rings. The number of aromatic amines is 2. The van der Waals surface area contributed by atoms with Crippen molar-refractivity contribution in [2.24, 2.45) is 0 Å². The normalized spacial score (nSPS) is 11.8. The lowest BCUT2D eigenvalue weighted by Gasteiger charge is -2.30. The van der Waals surface area contributed by atoms with Gasteiger partial charge in [-0.15, -0.1) is 0 Å². The number of nitrogens with zero attached hydrogens (tertiary/aromatic N) is 2. The van der Waals surface area contributed by atoms with Gasteiger partial charge in [-0.2, -0.15) is 0 Å². The van der Waals surface area contributed by atoms with Crippen LogP contribution in [0.1, 0.15) is 5.56 Å². The first-order chi connectivity index (χ1) is 13.8. The van der Waals surface area contributed by atoms with Gasteiger partial charge in [-0.3, -0.25) is 24.2 Å². The number of non-ortho nitro benzene ring substituents is 1. The summed E-state index contributed by atoms with van der Waals surface area (Å²) < 4.78 is 0.388. The molecule has 0 aliphatic rings. The summed E-state index contributed by atoms with van der Waals surface area (Å²) in [4.78, 5) is 39.5. The summed E-state index contributed by atoms with van der Waals surface area (Å²) in [7, 11) is 3.99. The van der Waals surface area contributed by atoms with Crippen LogP contribution in [0.15, 0.2) is 64.2 Å². The number of nitro benzene ring substituents is 1. The summed E-state index contributed by atoms with van der Waals surface area (Å²) in [6.45, 7) is 0.369. The highest BCUT2D eigenvalue weighted by Gasteiger charge is 2.25. The number of aromatic nitrogens is 2. The van der Waals surface area contributed by atoms with Crippen LogP contribution in [-0.4, -0.2) is 29.0 Å². The number of benzene rings is 3. The van der Waals surface area contributed by atoms with Gasteiger partial charge in [0.05, 0.1) is 30.1 Å². The Morgan fingerprint density at radius 3 is 2.41 bits per heavy atom. The Balaban J connectivity index is 1.92. The second kappa shape index (κ2) is 6.68. The Morgan fingerprint density at radius 2 is 1.66 bits per heavy atom. The Morgan fingerprint density at radius 1 is 0.966 bits per heavy atom. The van der Waals surface area contributed by atoms with Crippen LogP contribution in [0, 0.1) is 10.1 Å². The van der Waals surface area contributed by atoms with Crippen molar-refractivity contribution in [2.45, 2.75) is 6.54 Å².